The molecule has 0 aliphatic heterocycles. The third-order valence-electron chi connectivity index (χ3n) is 3.11. The van der Waals surface area contributed by atoms with Crippen molar-refractivity contribution in [2.75, 3.05) is 0 Å². The molecule has 1 aromatic heterocycles. The molecule has 4 nitrogen and oxygen atoms in total. The summed E-state index contributed by atoms with van der Waals surface area (Å²) in [6, 6.07) is 15.0. The highest BCUT2D eigenvalue weighted by Crippen LogP contribution is 2.19. The molecule has 0 saturated heterocycles. The van der Waals surface area contributed by atoms with E-state index in [1.54, 1.807) is 12.1 Å². The van der Waals surface area contributed by atoms with Gasteiger partial charge in [-0.3, -0.25) is 0 Å². The van der Waals surface area contributed by atoms with Crippen LogP contribution in [0.5, 0.6) is 5.75 Å². The molecular weight excluding hydrogens is 332 g/mol. The van der Waals surface area contributed by atoms with Gasteiger partial charge in [-0.05, 0) is 29.3 Å². The minimum absolute atomic E-state index is 0.249. The van der Waals surface area contributed by atoms with Crippen LogP contribution in [0.1, 0.15) is 22.8 Å². The van der Waals surface area contributed by atoms with E-state index >= 15 is 0 Å². The van der Waals surface area contributed by atoms with Crippen LogP contribution < -0.4 is 0 Å². The molecule has 0 saturated carbocycles. The van der Waals surface area contributed by atoms with Gasteiger partial charge in [0.2, 0.25) is 5.89 Å². The highest BCUT2D eigenvalue weighted by molar-refractivity contribution is 9.10. The van der Waals surface area contributed by atoms with Gasteiger partial charge in [-0.1, -0.05) is 51.4 Å². The van der Waals surface area contributed by atoms with Crippen molar-refractivity contribution in [3.8, 4) is 5.75 Å². The van der Waals surface area contributed by atoms with Gasteiger partial charge in [0.05, 0.1) is 6.42 Å². The molecule has 0 fully saturated rings. The van der Waals surface area contributed by atoms with E-state index in [9.17, 15) is 5.11 Å². The number of phenolic OH excluding ortho intramolecular Hbond substituents is 1. The number of aromatic hydroxyl groups is 1. The van der Waals surface area contributed by atoms with Crippen LogP contribution in [0.25, 0.3) is 0 Å². The number of nitrogens with zero attached hydrogens (tertiary/aromatic N) is 2. The van der Waals surface area contributed by atoms with Gasteiger partial charge in [-0.15, -0.1) is 0 Å². The zero-order valence-corrected chi connectivity index (χ0v) is 12.7. The van der Waals surface area contributed by atoms with E-state index < -0.39 is 0 Å². The smallest absolute Gasteiger partial charge is 0.231 e. The summed E-state index contributed by atoms with van der Waals surface area (Å²) in [4.78, 5) is 4.40. The summed E-state index contributed by atoms with van der Waals surface area (Å²) in [5.41, 5.74) is 2.14. The summed E-state index contributed by atoms with van der Waals surface area (Å²) in [5, 5.41) is 13.3. The molecule has 0 spiro atoms. The quantitative estimate of drug-likeness (QED) is 0.783. The largest absolute Gasteiger partial charge is 0.508 e. The molecule has 0 radical (unpaired) electrons. The van der Waals surface area contributed by atoms with E-state index in [4.69, 9.17) is 4.52 Å². The van der Waals surface area contributed by atoms with Crippen molar-refractivity contribution >= 4 is 15.9 Å². The van der Waals surface area contributed by atoms with Crippen molar-refractivity contribution in [3.05, 3.63) is 75.8 Å². The molecule has 106 valence electrons. The van der Waals surface area contributed by atoms with Crippen LogP contribution in [0.15, 0.2) is 57.5 Å². The molecule has 0 atom stereocenters. The van der Waals surface area contributed by atoms with Gasteiger partial charge in [0.15, 0.2) is 5.82 Å². The fraction of sp³-hybridized carbons (Fsp3) is 0.125. The van der Waals surface area contributed by atoms with Crippen molar-refractivity contribution < 1.29 is 9.63 Å². The second kappa shape index (κ2) is 6.10. The van der Waals surface area contributed by atoms with Crippen LogP contribution in [-0.4, -0.2) is 15.2 Å². The number of rotatable bonds is 4. The van der Waals surface area contributed by atoms with Crippen molar-refractivity contribution in [2.24, 2.45) is 0 Å². The Morgan fingerprint density at radius 3 is 2.52 bits per heavy atom. The predicted molar refractivity (Wildman–Crippen MR) is 82.2 cm³/mol. The molecular formula is C16H13BrN2O2. The third-order valence-corrected chi connectivity index (χ3v) is 3.88. The maximum absolute atomic E-state index is 9.26. The second-order valence-corrected chi connectivity index (χ2v) is 5.57. The Hall–Kier alpha value is -2.14. The molecule has 21 heavy (non-hydrogen) atoms. The van der Waals surface area contributed by atoms with E-state index in [0.717, 1.165) is 15.6 Å². The summed E-state index contributed by atoms with van der Waals surface area (Å²) in [7, 11) is 0. The molecule has 3 rings (SSSR count). The van der Waals surface area contributed by atoms with Crippen LogP contribution in [0.4, 0.5) is 0 Å². The Morgan fingerprint density at radius 2 is 1.76 bits per heavy atom. The van der Waals surface area contributed by atoms with Gasteiger partial charge >= 0.3 is 0 Å². The molecule has 0 bridgehead atoms. The zero-order valence-electron chi connectivity index (χ0n) is 11.2. The molecule has 1 heterocycles. The van der Waals surface area contributed by atoms with Crippen LogP contribution in [0, 0.1) is 0 Å². The van der Waals surface area contributed by atoms with Crippen molar-refractivity contribution in [2.45, 2.75) is 12.8 Å². The molecule has 5 heteroatoms. The summed E-state index contributed by atoms with van der Waals surface area (Å²) in [6.45, 7) is 0. The van der Waals surface area contributed by atoms with Crippen LogP contribution in [0.2, 0.25) is 0 Å². The maximum atomic E-state index is 9.26. The van der Waals surface area contributed by atoms with Crippen molar-refractivity contribution in [1.29, 1.82) is 0 Å². The number of phenols is 1. The van der Waals surface area contributed by atoms with E-state index in [-0.39, 0.29) is 5.75 Å². The number of benzene rings is 2. The molecule has 0 amide bonds. The highest BCUT2D eigenvalue weighted by atomic mass is 79.9. The Balaban J connectivity index is 1.72. The number of halogens is 1. The van der Waals surface area contributed by atoms with E-state index in [1.165, 1.54) is 0 Å². The predicted octanol–water partition coefficient (Wildman–Crippen LogP) is 3.72. The van der Waals surface area contributed by atoms with Gasteiger partial charge in [0, 0.05) is 10.9 Å². The van der Waals surface area contributed by atoms with Crippen molar-refractivity contribution in [1.82, 2.24) is 10.1 Å². The summed E-state index contributed by atoms with van der Waals surface area (Å²) < 4.78 is 6.31. The van der Waals surface area contributed by atoms with Gasteiger partial charge in [0.25, 0.3) is 0 Å². The Labute approximate surface area is 130 Å². The number of hydrogen-bond donors (Lipinski definition) is 1. The third kappa shape index (κ3) is 3.49. The molecule has 0 aliphatic rings. The topological polar surface area (TPSA) is 59.2 Å². The minimum atomic E-state index is 0.249. The van der Waals surface area contributed by atoms with Gasteiger partial charge in [-0.25, -0.2) is 0 Å². The summed E-state index contributed by atoms with van der Waals surface area (Å²) in [5.74, 6) is 1.48. The maximum Gasteiger partial charge on any atom is 0.231 e. The molecule has 2 aromatic carbocycles. The SMILES string of the molecule is Oc1ccc(Cc2nc(Cc3ccccc3Br)no2)cc1. The van der Waals surface area contributed by atoms with Crippen LogP contribution >= 0.6 is 15.9 Å². The van der Waals surface area contributed by atoms with Gasteiger partial charge < -0.3 is 9.63 Å². The standard InChI is InChI=1S/C16H13BrN2O2/c17-14-4-2-1-3-12(14)10-15-18-16(21-19-15)9-11-5-7-13(20)8-6-11/h1-8,20H,9-10H2. The second-order valence-electron chi connectivity index (χ2n) is 4.72. The minimum Gasteiger partial charge on any atom is -0.508 e. The Kier molecular flexibility index (Phi) is 4.01. The van der Waals surface area contributed by atoms with E-state index in [1.807, 2.05) is 36.4 Å². The van der Waals surface area contributed by atoms with Crippen LogP contribution in [-0.2, 0) is 12.8 Å². The first kappa shape index (κ1) is 13.8. The molecule has 0 aliphatic carbocycles. The summed E-state index contributed by atoms with van der Waals surface area (Å²) in [6.07, 6.45) is 1.18. The lowest BCUT2D eigenvalue weighted by molar-refractivity contribution is 0.380. The van der Waals surface area contributed by atoms with E-state index in [2.05, 4.69) is 26.1 Å². The molecule has 3 aromatic rings. The molecule has 0 unspecified atom stereocenters. The average Bonchev–Trinajstić information content (AvgIpc) is 2.91. The fourth-order valence-electron chi connectivity index (χ4n) is 2.03. The average molecular weight is 345 g/mol. The fourth-order valence-corrected chi connectivity index (χ4v) is 2.46. The lowest BCUT2D eigenvalue weighted by Gasteiger charge is -1.99. The van der Waals surface area contributed by atoms with Gasteiger partial charge in [0.1, 0.15) is 5.75 Å². The monoisotopic (exact) mass is 344 g/mol. The first-order valence-corrected chi connectivity index (χ1v) is 7.33. The first-order valence-electron chi connectivity index (χ1n) is 6.53. The van der Waals surface area contributed by atoms with Crippen LogP contribution in [0.3, 0.4) is 0 Å². The normalized spacial score (nSPS) is 10.7. The van der Waals surface area contributed by atoms with Crippen molar-refractivity contribution in [3.63, 3.8) is 0 Å². The zero-order chi connectivity index (χ0) is 14.7. The number of aromatic nitrogens is 2. The lowest BCUT2D eigenvalue weighted by atomic mass is 10.1. The highest BCUT2D eigenvalue weighted by Gasteiger charge is 2.09. The first-order chi connectivity index (χ1) is 10.2. The Morgan fingerprint density at radius 1 is 1.00 bits per heavy atom. The number of hydrogen-bond acceptors (Lipinski definition) is 4. The Bertz CT molecular complexity index is 738. The molecule has 1 N–H and O–H groups in total. The summed E-state index contributed by atoms with van der Waals surface area (Å²) >= 11 is 3.51. The van der Waals surface area contributed by atoms with E-state index in [0.29, 0.717) is 24.6 Å². The lowest BCUT2D eigenvalue weighted by Crippen LogP contribution is -1.93. The van der Waals surface area contributed by atoms with Gasteiger partial charge in [-0.2, -0.15) is 4.98 Å².